The minimum Gasteiger partial charge on any atom is -0.335 e. The van der Waals surface area contributed by atoms with Crippen LogP contribution in [0.5, 0.6) is 0 Å². The molecule has 1 saturated heterocycles. The minimum absolute atomic E-state index is 0.0302. The van der Waals surface area contributed by atoms with Gasteiger partial charge in [0.05, 0.1) is 12.5 Å². The summed E-state index contributed by atoms with van der Waals surface area (Å²) in [4.78, 5) is 18.8. The minimum atomic E-state index is -0.244. The highest BCUT2D eigenvalue weighted by atomic mass is 19.1. The number of rotatable bonds is 3. The zero-order valence-corrected chi connectivity index (χ0v) is 13.1. The molecule has 0 unspecified atom stereocenters. The molecule has 23 heavy (non-hydrogen) atoms. The summed E-state index contributed by atoms with van der Waals surface area (Å²) in [6.07, 6.45) is 7.86. The third-order valence-electron chi connectivity index (χ3n) is 4.38. The Morgan fingerprint density at radius 2 is 2.13 bits per heavy atom. The van der Waals surface area contributed by atoms with Crippen LogP contribution >= 0.6 is 0 Å². The third kappa shape index (κ3) is 3.95. The molecular formula is C19H21FN2O. The van der Waals surface area contributed by atoms with Gasteiger partial charge in [-0.15, -0.1) is 0 Å². The number of likely N-dealkylation sites (tertiary alicyclic amines) is 1. The van der Waals surface area contributed by atoms with Crippen molar-refractivity contribution >= 4 is 5.91 Å². The first kappa shape index (κ1) is 15.7. The van der Waals surface area contributed by atoms with Crippen LogP contribution in [0.4, 0.5) is 4.39 Å². The number of aromatic nitrogens is 1. The number of carbonyl (C=O) groups is 1. The van der Waals surface area contributed by atoms with Crippen LogP contribution in [0.25, 0.3) is 0 Å². The molecule has 0 saturated carbocycles. The van der Waals surface area contributed by atoms with Crippen molar-refractivity contribution < 1.29 is 9.18 Å². The molecule has 1 atom stereocenters. The van der Waals surface area contributed by atoms with Crippen molar-refractivity contribution in [2.45, 2.75) is 38.1 Å². The summed E-state index contributed by atoms with van der Waals surface area (Å²) in [6.45, 7) is 0.736. The van der Waals surface area contributed by atoms with Gasteiger partial charge < -0.3 is 4.90 Å². The van der Waals surface area contributed by atoms with E-state index in [4.69, 9.17) is 0 Å². The molecule has 1 aromatic carbocycles. The first-order chi connectivity index (χ1) is 11.2. The second kappa shape index (κ2) is 7.36. The van der Waals surface area contributed by atoms with Crippen molar-refractivity contribution in [2.75, 3.05) is 6.54 Å². The van der Waals surface area contributed by atoms with Gasteiger partial charge in [0, 0.05) is 18.9 Å². The highest BCUT2D eigenvalue weighted by Gasteiger charge is 2.26. The van der Waals surface area contributed by atoms with Crippen LogP contribution in [0.15, 0.2) is 48.8 Å². The average molecular weight is 312 g/mol. The van der Waals surface area contributed by atoms with Gasteiger partial charge in [-0.1, -0.05) is 31.0 Å². The standard InChI is InChI=1S/C19H21FN2O/c20-17-8-4-7-16(13-17)18-9-2-1-3-11-22(18)19(23)12-15-6-5-10-21-14-15/h4-8,10,13-14,18H,1-3,9,11-12H2/t18-/m0/s1. The van der Waals surface area contributed by atoms with Crippen molar-refractivity contribution in [3.05, 3.63) is 65.7 Å². The van der Waals surface area contributed by atoms with E-state index in [1.54, 1.807) is 24.5 Å². The van der Waals surface area contributed by atoms with Gasteiger partial charge in [0.1, 0.15) is 5.82 Å². The number of halogens is 1. The molecule has 3 nitrogen and oxygen atoms in total. The van der Waals surface area contributed by atoms with Crippen LogP contribution in [-0.4, -0.2) is 22.3 Å². The van der Waals surface area contributed by atoms with E-state index in [0.717, 1.165) is 43.4 Å². The van der Waals surface area contributed by atoms with Crippen molar-refractivity contribution in [3.63, 3.8) is 0 Å². The largest absolute Gasteiger partial charge is 0.335 e. The smallest absolute Gasteiger partial charge is 0.227 e. The molecule has 3 rings (SSSR count). The number of hydrogen-bond acceptors (Lipinski definition) is 2. The Kier molecular flexibility index (Phi) is 5.01. The molecule has 1 aliphatic heterocycles. The maximum absolute atomic E-state index is 13.6. The first-order valence-corrected chi connectivity index (χ1v) is 8.18. The van der Waals surface area contributed by atoms with Gasteiger partial charge in [0.25, 0.3) is 0 Å². The van der Waals surface area contributed by atoms with E-state index in [2.05, 4.69) is 4.98 Å². The summed E-state index contributed by atoms with van der Waals surface area (Å²) in [5.41, 5.74) is 1.81. The molecule has 1 amide bonds. The fraction of sp³-hybridized carbons (Fsp3) is 0.368. The summed E-state index contributed by atoms with van der Waals surface area (Å²) < 4.78 is 13.6. The summed E-state index contributed by atoms with van der Waals surface area (Å²) in [7, 11) is 0. The summed E-state index contributed by atoms with van der Waals surface area (Å²) >= 11 is 0. The first-order valence-electron chi connectivity index (χ1n) is 8.18. The number of pyridine rings is 1. The van der Waals surface area contributed by atoms with E-state index in [1.165, 1.54) is 6.07 Å². The van der Waals surface area contributed by atoms with Gasteiger partial charge >= 0.3 is 0 Å². The maximum Gasteiger partial charge on any atom is 0.227 e. The number of hydrogen-bond donors (Lipinski definition) is 0. The topological polar surface area (TPSA) is 33.2 Å². The molecule has 120 valence electrons. The van der Waals surface area contributed by atoms with E-state index in [-0.39, 0.29) is 17.8 Å². The normalized spacial score (nSPS) is 18.5. The van der Waals surface area contributed by atoms with Crippen molar-refractivity contribution in [3.8, 4) is 0 Å². The number of benzene rings is 1. The molecule has 0 aliphatic carbocycles. The predicted molar refractivity (Wildman–Crippen MR) is 87.3 cm³/mol. The summed E-state index contributed by atoms with van der Waals surface area (Å²) in [5, 5.41) is 0. The highest BCUT2D eigenvalue weighted by molar-refractivity contribution is 5.79. The number of carbonyl (C=O) groups excluding carboxylic acids is 1. The van der Waals surface area contributed by atoms with E-state index in [1.807, 2.05) is 23.1 Å². The van der Waals surface area contributed by atoms with Crippen molar-refractivity contribution in [2.24, 2.45) is 0 Å². The Morgan fingerprint density at radius 3 is 2.91 bits per heavy atom. The molecule has 1 aromatic heterocycles. The fourth-order valence-corrected chi connectivity index (χ4v) is 3.25. The Hall–Kier alpha value is -2.23. The zero-order valence-electron chi connectivity index (χ0n) is 13.1. The van der Waals surface area contributed by atoms with E-state index in [0.29, 0.717) is 6.42 Å². The van der Waals surface area contributed by atoms with Crippen LogP contribution in [0.1, 0.15) is 42.9 Å². The van der Waals surface area contributed by atoms with Crippen LogP contribution in [-0.2, 0) is 11.2 Å². The van der Waals surface area contributed by atoms with Crippen LogP contribution in [0, 0.1) is 5.82 Å². The molecule has 1 fully saturated rings. The lowest BCUT2D eigenvalue weighted by Crippen LogP contribution is -2.36. The van der Waals surface area contributed by atoms with Gasteiger partial charge in [0.2, 0.25) is 5.91 Å². The lowest BCUT2D eigenvalue weighted by molar-refractivity contribution is -0.132. The second-order valence-corrected chi connectivity index (χ2v) is 6.05. The quantitative estimate of drug-likeness (QED) is 0.861. The molecule has 2 heterocycles. The molecule has 1 aliphatic rings. The lowest BCUT2D eigenvalue weighted by Gasteiger charge is -2.30. The number of amides is 1. The fourth-order valence-electron chi connectivity index (χ4n) is 3.25. The third-order valence-corrected chi connectivity index (χ3v) is 4.38. The van der Waals surface area contributed by atoms with Crippen LogP contribution < -0.4 is 0 Å². The van der Waals surface area contributed by atoms with E-state index in [9.17, 15) is 9.18 Å². The van der Waals surface area contributed by atoms with Crippen LogP contribution in [0.3, 0.4) is 0 Å². The second-order valence-electron chi connectivity index (χ2n) is 6.05. The summed E-state index contributed by atoms with van der Waals surface area (Å²) in [5.74, 6) is -0.152. The Labute approximate surface area is 136 Å². The Balaban J connectivity index is 1.82. The maximum atomic E-state index is 13.6. The van der Waals surface area contributed by atoms with Crippen LogP contribution in [0.2, 0.25) is 0 Å². The Morgan fingerprint density at radius 1 is 1.22 bits per heavy atom. The van der Waals surface area contributed by atoms with Gasteiger partial charge in [-0.3, -0.25) is 9.78 Å². The molecule has 0 N–H and O–H groups in total. The van der Waals surface area contributed by atoms with Gasteiger partial charge in [-0.25, -0.2) is 4.39 Å². The van der Waals surface area contributed by atoms with Crippen molar-refractivity contribution in [1.29, 1.82) is 0 Å². The Bertz CT molecular complexity index is 659. The van der Waals surface area contributed by atoms with Crippen molar-refractivity contribution in [1.82, 2.24) is 9.88 Å². The van der Waals surface area contributed by atoms with Gasteiger partial charge in [0.15, 0.2) is 0 Å². The number of nitrogens with zero attached hydrogens (tertiary/aromatic N) is 2. The molecular weight excluding hydrogens is 291 g/mol. The lowest BCUT2D eigenvalue weighted by atomic mass is 10.00. The monoisotopic (exact) mass is 312 g/mol. The predicted octanol–water partition coefficient (Wildman–Crippen LogP) is 3.91. The molecule has 0 spiro atoms. The molecule has 4 heteroatoms. The SMILES string of the molecule is O=C(Cc1cccnc1)N1CCCCC[C@H]1c1cccc(F)c1. The van der Waals surface area contributed by atoms with Gasteiger partial charge in [-0.05, 0) is 42.2 Å². The molecule has 0 bridgehead atoms. The van der Waals surface area contributed by atoms with E-state index >= 15 is 0 Å². The molecule has 0 radical (unpaired) electrons. The summed E-state index contributed by atoms with van der Waals surface area (Å²) in [6, 6.07) is 10.4. The highest BCUT2D eigenvalue weighted by Crippen LogP contribution is 2.31. The zero-order chi connectivity index (χ0) is 16.1. The van der Waals surface area contributed by atoms with Gasteiger partial charge in [-0.2, -0.15) is 0 Å². The average Bonchev–Trinajstić information content (AvgIpc) is 2.82. The molecule has 2 aromatic rings. The van der Waals surface area contributed by atoms with E-state index < -0.39 is 0 Å².